The Morgan fingerprint density at radius 3 is 2.32 bits per heavy atom. The number of benzene rings is 2. The van der Waals surface area contributed by atoms with Gasteiger partial charge in [-0.05, 0) is 49.7 Å². The van der Waals surface area contributed by atoms with E-state index in [0.717, 1.165) is 37.2 Å². The summed E-state index contributed by atoms with van der Waals surface area (Å²) in [5.74, 6) is 0.837. The number of nitrogens with zero attached hydrogens (tertiary/aromatic N) is 1. The van der Waals surface area contributed by atoms with Crippen LogP contribution in [0, 0.1) is 0 Å². The Labute approximate surface area is 149 Å². The van der Waals surface area contributed by atoms with Crippen molar-refractivity contribution in [1.82, 2.24) is 9.62 Å². The Hall–Kier alpha value is -1.89. The molecule has 25 heavy (non-hydrogen) atoms. The molecule has 1 saturated heterocycles. The summed E-state index contributed by atoms with van der Waals surface area (Å²) >= 11 is 0. The highest BCUT2D eigenvalue weighted by Crippen LogP contribution is 2.19. The van der Waals surface area contributed by atoms with Crippen molar-refractivity contribution in [3.05, 3.63) is 60.2 Å². The third-order valence-corrected chi connectivity index (χ3v) is 5.83. The third kappa shape index (κ3) is 5.04. The smallest absolute Gasteiger partial charge is 0.240 e. The summed E-state index contributed by atoms with van der Waals surface area (Å²) in [7, 11) is -1.36. The zero-order chi connectivity index (χ0) is 17.7. The first-order valence-electron chi connectivity index (χ1n) is 8.52. The summed E-state index contributed by atoms with van der Waals surface area (Å²) in [6.45, 7) is 2.37. The largest absolute Gasteiger partial charge is 0.490 e. The van der Waals surface area contributed by atoms with Crippen LogP contribution in [0.25, 0.3) is 0 Å². The quantitative estimate of drug-likeness (QED) is 0.860. The average molecular weight is 360 g/mol. The van der Waals surface area contributed by atoms with Gasteiger partial charge in [-0.3, -0.25) is 0 Å². The Balaban J connectivity index is 1.54. The Kier molecular flexibility index (Phi) is 5.73. The summed E-state index contributed by atoms with van der Waals surface area (Å²) in [5.41, 5.74) is 0.898. The van der Waals surface area contributed by atoms with Gasteiger partial charge in [0.1, 0.15) is 11.9 Å². The van der Waals surface area contributed by atoms with Gasteiger partial charge in [0.15, 0.2) is 0 Å². The summed E-state index contributed by atoms with van der Waals surface area (Å²) in [4.78, 5) is 2.58. The molecule has 1 aliphatic heterocycles. The lowest BCUT2D eigenvalue weighted by Gasteiger charge is -2.29. The van der Waals surface area contributed by atoms with E-state index < -0.39 is 10.0 Å². The monoisotopic (exact) mass is 360 g/mol. The fraction of sp³-hybridized carbons (Fsp3) is 0.368. The van der Waals surface area contributed by atoms with Gasteiger partial charge in [-0.2, -0.15) is 0 Å². The van der Waals surface area contributed by atoms with Crippen LogP contribution < -0.4 is 9.46 Å². The van der Waals surface area contributed by atoms with Gasteiger partial charge in [-0.1, -0.05) is 30.3 Å². The molecular formula is C19H24N2O3S. The molecule has 0 radical (unpaired) electrons. The molecule has 0 atom stereocenters. The highest BCUT2D eigenvalue weighted by molar-refractivity contribution is 7.89. The fourth-order valence-corrected chi connectivity index (χ4v) is 3.88. The molecule has 2 aromatic rings. The van der Waals surface area contributed by atoms with Gasteiger partial charge in [0, 0.05) is 19.6 Å². The fourth-order valence-electron chi connectivity index (χ4n) is 2.84. The van der Waals surface area contributed by atoms with Crippen LogP contribution in [0.5, 0.6) is 5.75 Å². The molecule has 1 N–H and O–H groups in total. The lowest BCUT2D eigenvalue weighted by molar-refractivity contribution is 0.114. The van der Waals surface area contributed by atoms with Gasteiger partial charge >= 0.3 is 0 Å². The molecule has 0 bridgehead atoms. The summed E-state index contributed by atoms with van der Waals surface area (Å²) in [5, 5.41) is 0. The van der Waals surface area contributed by atoms with Crippen LogP contribution in [-0.4, -0.2) is 39.6 Å². The molecule has 134 valence electrons. The predicted molar refractivity (Wildman–Crippen MR) is 98.1 cm³/mol. The van der Waals surface area contributed by atoms with Crippen LogP contribution in [0.3, 0.4) is 0 Å². The first-order valence-corrected chi connectivity index (χ1v) is 10.00. The molecule has 6 heteroatoms. The minimum absolute atomic E-state index is 0.256. The van der Waals surface area contributed by atoms with E-state index in [4.69, 9.17) is 4.74 Å². The normalized spacial score (nSPS) is 16.7. The number of hydrogen-bond acceptors (Lipinski definition) is 4. The Morgan fingerprint density at radius 1 is 1.04 bits per heavy atom. The molecule has 0 amide bonds. The summed E-state index contributed by atoms with van der Waals surface area (Å²) in [6.07, 6.45) is 2.34. The molecule has 1 fully saturated rings. The van der Waals surface area contributed by atoms with Gasteiger partial charge in [-0.15, -0.1) is 0 Å². The number of nitrogens with one attached hydrogen (secondary N) is 1. The van der Waals surface area contributed by atoms with Crippen LogP contribution in [0.15, 0.2) is 59.5 Å². The molecule has 0 aliphatic carbocycles. The van der Waals surface area contributed by atoms with E-state index in [1.54, 1.807) is 30.3 Å². The van der Waals surface area contributed by atoms with Crippen molar-refractivity contribution in [3.8, 4) is 5.75 Å². The minimum Gasteiger partial charge on any atom is -0.490 e. The van der Waals surface area contributed by atoms with E-state index in [1.165, 1.54) is 0 Å². The van der Waals surface area contributed by atoms with Crippen molar-refractivity contribution < 1.29 is 13.2 Å². The van der Waals surface area contributed by atoms with Crippen molar-refractivity contribution in [1.29, 1.82) is 0 Å². The van der Waals surface area contributed by atoms with E-state index >= 15 is 0 Å². The third-order valence-electron chi connectivity index (χ3n) is 4.41. The molecule has 2 aromatic carbocycles. The summed E-state index contributed by atoms with van der Waals surface area (Å²) < 4.78 is 33.1. The van der Waals surface area contributed by atoms with Gasteiger partial charge in [0.25, 0.3) is 0 Å². The van der Waals surface area contributed by atoms with Crippen LogP contribution in [-0.2, 0) is 16.6 Å². The topological polar surface area (TPSA) is 58.6 Å². The molecule has 3 rings (SSSR count). The van der Waals surface area contributed by atoms with Gasteiger partial charge in [-0.25, -0.2) is 13.1 Å². The average Bonchev–Trinajstić information content (AvgIpc) is 2.64. The van der Waals surface area contributed by atoms with Gasteiger partial charge in [0.2, 0.25) is 10.0 Å². The molecule has 1 heterocycles. The van der Waals surface area contributed by atoms with E-state index in [0.29, 0.717) is 0 Å². The van der Waals surface area contributed by atoms with Crippen molar-refractivity contribution in [3.63, 3.8) is 0 Å². The second-order valence-electron chi connectivity index (χ2n) is 6.40. The van der Waals surface area contributed by atoms with E-state index in [-0.39, 0.29) is 17.5 Å². The lowest BCUT2D eigenvalue weighted by Crippen LogP contribution is -2.35. The molecule has 0 spiro atoms. The number of piperidine rings is 1. The Bertz CT molecular complexity index is 768. The zero-order valence-electron chi connectivity index (χ0n) is 14.4. The van der Waals surface area contributed by atoms with Crippen LogP contribution in [0.1, 0.15) is 18.4 Å². The summed E-state index contributed by atoms with van der Waals surface area (Å²) in [6, 6.07) is 16.0. The highest BCUT2D eigenvalue weighted by atomic mass is 32.2. The number of hydrogen-bond donors (Lipinski definition) is 1. The number of ether oxygens (including phenoxy) is 1. The van der Waals surface area contributed by atoms with Crippen molar-refractivity contribution >= 4 is 10.0 Å². The highest BCUT2D eigenvalue weighted by Gasteiger charge is 2.18. The molecule has 0 unspecified atom stereocenters. The van der Waals surface area contributed by atoms with Crippen molar-refractivity contribution in [2.45, 2.75) is 30.4 Å². The van der Waals surface area contributed by atoms with Crippen LogP contribution >= 0.6 is 0 Å². The number of rotatable bonds is 6. The van der Waals surface area contributed by atoms with Crippen LogP contribution in [0.4, 0.5) is 0 Å². The predicted octanol–water partition coefficient (Wildman–Crippen LogP) is 2.64. The maximum absolute atomic E-state index is 12.2. The minimum atomic E-state index is -3.48. The maximum atomic E-state index is 12.2. The van der Waals surface area contributed by atoms with Gasteiger partial charge < -0.3 is 9.64 Å². The lowest BCUT2D eigenvalue weighted by atomic mass is 10.1. The first kappa shape index (κ1) is 17.9. The zero-order valence-corrected chi connectivity index (χ0v) is 15.2. The van der Waals surface area contributed by atoms with Crippen LogP contribution in [0.2, 0.25) is 0 Å². The molecule has 0 saturated carbocycles. The SMILES string of the molecule is CN1CCC(Oc2ccc(CNS(=O)(=O)c3ccccc3)cc2)CC1. The van der Waals surface area contributed by atoms with Crippen molar-refractivity contribution in [2.75, 3.05) is 20.1 Å². The molecule has 1 aliphatic rings. The standard InChI is InChI=1S/C19H24N2O3S/c1-21-13-11-18(12-14-21)24-17-9-7-16(8-10-17)15-20-25(22,23)19-5-3-2-4-6-19/h2-10,18,20H,11-15H2,1H3. The maximum Gasteiger partial charge on any atom is 0.240 e. The Morgan fingerprint density at radius 2 is 1.68 bits per heavy atom. The second kappa shape index (κ2) is 7.99. The number of sulfonamides is 1. The van der Waals surface area contributed by atoms with E-state index in [9.17, 15) is 8.42 Å². The van der Waals surface area contributed by atoms with E-state index in [2.05, 4.69) is 16.7 Å². The second-order valence-corrected chi connectivity index (χ2v) is 8.17. The molecular weight excluding hydrogens is 336 g/mol. The van der Waals surface area contributed by atoms with Gasteiger partial charge in [0.05, 0.1) is 4.90 Å². The first-order chi connectivity index (χ1) is 12.0. The molecule has 5 nitrogen and oxygen atoms in total. The van der Waals surface area contributed by atoms with E-state index in [1.807, 2.05) is 24.3 Å². The van der Waals surface area contributed by atoms with Crippen molar-refractivity contribution in [2.24, 2.45) is 0 Å². The molecule has 0 aromatic heterocycles. The number of likely N-dealkylation sites (tertiary alicyclic amines) is 1.